The predicted octanol–water partition coefficient (Wildman–Crippen LogP) is 1.21. The molecule has 0 radical (unpaired) electrons. The van der Waals surface area contributed by atoms with Crippen LogP contribution >= 0.6 is 0 Å². The molecule has 17 nitrogen and oxygen atoms in total. The van der Waals surface area contributed by atoms with Gasteiger partial charge in [-0.2, -0.15) is 25.3 Å². The standard InChI is InChI=1S/C18H18N4O13S4/c19-12-3-2-10-11(16(12)20)8-15(38(29,30)31)17(18(10)23)22-21-13-4-1-9(7-14(13)37(26,27)28)36(24,25)6-5-35-39(32,33)34/h1-4,7-8,23H,5-6,19-20H2,(H,26,27,28)(H,29,30,31)(H,32,33,34). The predicted molar refractivity (Wildman–Crippen MR) is 134 cm³/mol. The van der Waals surface area contributed by atoms with Crippen LogP contribution in [0.15, 0.2) is 61.3 Å². The zero-order valence-corrected chi connectivity index (χ0v) is 22.3. The molecule has 39 heavy (non-hydrogen) atoms. The molecule has 0 saturated carbocycles. The van der Waals surface area contributed by atoms with Gasteiger partial charge < -0.3 is 16.6 Å². The minimum Gasteiger partial charge on any atom is -0.505 e. The van der Waals surface area contributed by atoms with Crippen LogP contribution in [-0.4, -0.2) is 64.8 Å². The molecule has 0 amide bonds. The van der Waals surface area contributed by atoms with E-state index in [-0.39, 0.29) is 22.1 Å². The number of rotatable bonds is 9. The Labute approximate surface area is 221 Å². The number of aromatic hydroxyl groups is 1. The Kier molecular flexibility index (Phi) is 7.93. The molecule has 3 aromatic carbocycles. The summed E-state index contributed by atoms with van der Waals surface area (Å²) in [6, 6.07) is 5.34. The molecule has 3 rings (SSSR count). The summed E-state index contributed by atoms with van der Waals surface area (Å²) in [4.78, 5) is -2.87. The van der Waals surface area contributed by atoms with Crippen LogP contribution in [0.1, 0.15) is 0 Å². The van der Waals surface area contributed by atoms with Crippen LogP contribution in [0.4, 0.5) is 22.7 Å². The summed E-state index contributed by atoms with van der Waals surface area (Å²) >= 11 is 0. The van der Waals surface area contributed by atoms with Crippen molar-refractivity contribution >= 4 is 74.0 Å². The van der Waals surface area contributed by atoms with Crippen LogP contribution in [-0.2, 0) is 44.7 Å². The highest BCUT2D eigenvalue weighted by molar-refractivity contribution is 7.91. The maximum Gasteiger partial charge on any atom is 0.397 e. The Hall–Kier alpha value is -3.44. The Morgan fingerprint density at radius 2 is 1.38 bits per heavy atom. The minimum absolute atomic E-state index is 0.0231. The van der Waals surface area contributed by atoms with Gasteiger partial charge >= 0.3 is 10.4 Å². The third-order valence-electron chi connectivity index (χ3n) is 5.00. The number of fused-ring (bicyclic) bond motifs is 1. The van der Waals surface area contributed by atoms with E-state index in [0.717, 1.165) is 18.2 Å². The molecular weight excluding hydrogens is 608 g/mol. The second kappa shape index (κ2) is 10.3. The summed E-state index contributed by atoms with van der Waals surface area (Å²) in [5.41, 5.74) is 9.80. The van der Waals surface area contributed by atoms with Crippen LogP contribution < -0.4 is 11.5 Å². The van der Waals surface area contributed by atoms with Gasteiger partial charge in [0, 0.05) is 10.8 Å². The van der Waals surface area contributed by atoms with Crippen molar-refractivity contribution in [3.05, 3.63) is 36.4 Å². The molecule has 0 aliphatic heterocycles. The summed E-state index contributed by atoms with van der Waals surface area (Å²) in [6.45, 7) is -1.03. The molecule has 0 bridgehead atoms. The lowest BCUT2D eigenvalue weighted by molar-refractivity contribution is 0.284. The van der Waals surface area contributed by atoms with Gasteiger partial charge in [0.05, 0.1) is 28.6 Å². The van der Waals surface area contributed by atoms with Crippen LogP contribution in [0.25, 0.3) is 10.8 Å². The molecule has 21 heteroatoms. The van der Waals surface area contributed by atoms with E-state index < -0.39 is 84.6 Å². The molecule has 0 heterocycles. The molecule has 0 unspecified atom stereocenters. The van der Waals surface area contributed by atoms with Gasteiger partial charge in [0.1, 0.15) is 21.2 Å². The van der Waals surface area contributed by atoms with Crippen molar-refractivity contribution in [2.24, 2.45) is 10.2 Å². The molecule has 0 aliphatic rings. The number of phenols is 1. The van der Waals surface area contributed by atoms with E-state index in [1.165, 1.54) is 12.1 Å². The quantitative estimate of drug-likeness (QED) is 0.110. The first-order valence-corrected chi connectivity index (χ1v) is 15.8. The number of sulfone groups is 1. The third kappa shape index (κ3) is 6.77. The van der Waals surface area contributed by atoms with E-state index in [2.05, 4.69) is 14.4 Å². The summed E-state index contributed by atoms with van der Waals surface area (Å²) in [5.74, 6) is -1.89. The maximum atomic E-state index is 12.4. The van der Waals surface area contributed by atoms with Gasteiger partial charge in [-0.1, -0.05) is 0 Å². The Morgan fingerprint density at radius 1 is 0.769 bits per heavy atom. The number of hydrogen-bond acceptors (Lipinski definition) is 14. The van der Waals surface area contributed by atoms with Gasteiger partial charge in [0.15, 0.2) is 15.6 Å². The number of anilines is 2. The highest BCUT2D eigenvalue weighted by atomic mass is 32.3. The van der Waals surface area contributed by atoms with Gasteiger partial charge in [-0.05, 0) is 36.4 Å². The maximum absolute atomic E-state index is 12.4. The molecule has 0 aromatic heterocycles. The molecule has 0 aliphatic carbocycles. The Bertz CT molecular complexity index is 1960. The SMILES string of the molecule is Nc1ccc2c(O)c(N=Nc3ccc(S(=O)(=O)CCOS(=O)(=O)O)cc3S(=O)(=O)O)c(S(=O)(=O)O)cc2c1N. The van der Waals surface area contributed by atoms with Gasteiger partial charge in [-0.25, -0.2) is 12.6 Å². The first-order valence-electron chi connectivity index (χ1n) is 9.91. The number of phenolic OH excluding ortho intramolecular Hbond substituents is 1. The lowest BCUT2D eigenvalue weighted by Gasteiger charge is -2.12. The fourth-order valence-electron chi connectivity index (χ4n) is 3.20. The topological polar surface area (TPSA) is 303 Å². The van der Waals surface area contributed by atoms with Crippen molar-refractivity contribution < 1.29 is 56.6 Å². The molecule has 212 valence electrons. The van der Waals surface area contributed by atoms with E-state index in [0.29, 0.717) is 6.07 Å². The largest absolute Gasteiger partial charge is 0.505 e. The van der Waals surface area contributed by atoms with Crippen molar-refractivity contribution in [2.45, 2.75) is 14.7 Å². The average Bonchev–Trinajstić information content (AvgIpc) is 2.78. The number of nitrogens with zero attached hydrogens (tertiary/aromatic N) is 2. The molecule has 3 aromatic rings. The first kappa shape index (κ1) is 30.1. The van der Waals surface area contributed by atoms with Crippen LogP contribution in [0.3, 0.4) is 0 Å². The van der Waals surface area contributed by atoms with E-state index in [1.54, 1.807) is 0 Å². The number of azo groups is 1. The van der Waals surface area contributed by atoms with Crippen molar-refractivity contribution in [1.82, 2.24) is 0 Å². The minimum atomic E-state index is -5.20. The smallest absolute Gasteiger partial charge is 0.397 e. The number of nitrogen functional groups attached to an aromatic ring is 2. The van der Waals surface area contributed by atoms with Gasteiger partial charge in [-0.15, -0.1) is 10.2 Å². The lowest BCUT2D eigenvalue weighted by atomic mass is 10.1. The highest BCUT2D eigenvalue weighted by Gasteiger charge is 2.25. The van der Waals surface area contributed by atoms with E-state index in [1.807, 2.05) is 0 Å². The summed E-state index contributed by atoms with van der Waals surface area (Å²) in [5, 5.41) is 17.5. The third-order valence-corrected chi connectivity index (χ3v) is 8.89. The monoisotopic (exact) mass is 626 g/mol. The van der Waals surface area contributed by atoms with Crippen molar-refractivity contribution in [2.75, 3.05) is 23.8 Å². The van der Waals surface area contributed by atoms with Gasteiger partial charge in [0.2, 0.25) is 0 Å². The Morgan fingerprint density at radius 3 is 1.95 bits per heavy atom. The molecule has 0 atom stereocenters. The Balaban J connectivity index is 2.17. The van der Waals surface area contributed by atoms with Crippen molar-refractivity contribution in [3.63, 3.8) is 0 Å². The average molecular weight is 627 g/mol. The number of benzene rings is 3. The van der Waals surface area contributed by atoms with Crippen LogP contribution in [0.5, 0.6) is 5.75 Å². The van der Waals surface area contributed by atoms with Crippen LogP contribution in [0, 0.1) is 0 Å². The van der Waals surface area contributed by atoms with E-state index >= 15 is 0 Å². The summed E-state index contributed by atoms with van der Waals surface area (Å²) in [7, 11) is -19.7. The summed E-state index contributed by atoms with van der Waals surface area (Å²) in [6.07, 6.45) is 0. The normalized spacial score (nSPS) is 13.3. The molecule has 0 fully saturated rings. The zero-order valence-electron chi connectivity index (χ0n) is 19.0. The molecule has 0 saturated heterocycles. The highest BCUT2D eigenvalue weighted by Crippen LogP contribution is 2.44. The van der Waals surface area contributed by atoms with Gasteiger partial charge in [-0.3, -0.25) is 13.7 Å². The van der Waals surface area contributed by atoms with E-state index in [4.69, 9.17) is 16.0 Å². The fraction of sp³-hybridized carbons (Fsp3) is 0.111. The molecular formula is C18H18N4O13S4. The number of nitrogens with two attached hydrogens (primary N) is 2. The van der Waals surface area contributed by atoms with Gasteiger partial charge in [0.25, 0.3) is 20.2 Å². The molecule has 8 N–H and O–H groups in total. The van der Waals surface area contributed by atoms with E-state index in [9.17, 15) is 47.9 Å². The van der Waals surface area contributed by atoms with Crippen LogP contribution in [0.2, 0.25) is 0 Å². The fourth-order valence-corrected chi connectivity index (χ4v) is 6.08. The second-order valence-corrected chi connectivity index (χ2v) is 13.6. The lowest BCUT2D eigenvalue weighted by Crippen LogP contribution is -2.16. The molecule has 0 spiro atoms. The summed E-state index contributed by atoms with van der Waals surface area (Å²) < 4.78 is 126. The van der Waals surface area contributed by atoms with Crippen molar-refractivity contribution in [3.8, 4) is 5.75 Å². The van der Waals surface area contributed by atoms with Crippen molar-refractivity contribution in [1.29, 1.82) is 0 Å². The zero-order chi connectivity index (χ0) is 29.6. The first-order chi connectivity index (χ1) is 17.7. The second-order valence-electron chi connectivity index (χ2n) is 7.58. The number of hydrogen-bond donors (Lipinski definition) is 6.